The Morgan fingerprint density at radius 2 is 1.83 bits per heavy atom. The molecule has 5 nitrogen and oxygen atoms in total. The first-order valence-corrected chi connectivity index (χ1v) is 9.48. The van der Waals surface area contributed by atoms with Crippen molar-refractivity contribution >= 4 is 17.7 Å². The normalized spacial score (nSPS) is 24.6. The van der Waals surface area contributed by atoms with E-state index in [0.29, 0.717) is 11.5 Å². The molecule has 0 N–H and O–H groups in total. The number of hydrogen-bond acceptors (Lipinski definition) is 5. The van der Waals surface area contributed by atoms with E-state index in [0.717, 1.165) is 31.7 Å². The van der Waals surface area contributed by atoms with E-state index in [1.807, 2.05) is 30.0 Å². The molecule has 132 valence electrons. The third-order valence-corrected chi connectivity index (χ3v) is 6.19. The summed E-state index contributed by atoms with van der Waals surface area (Å²) < 4.78 is 10.7. The maximum atomic E-state index is 12.6. The maximum Gasteiger partial charge on any atom is 0.236 e. The Hall–Kier alpha value is -1.40. The third-order valence-electron chi connectivity index (χ3n) is 4.80. The highest BCUT2D eigenvalue weighted by atomic mass is 32.2. The number of hydrogen-bond donors (Lipinski definition) is 0. The summed E-state index contributed by atoms with van der Waals surface area (Å²) in [6.45, 7) is 6.06. The molecule has 0 radical (unpaired) electrons. The molecule has 0 aromatic heterocycles. The van der Waals surface area contributed by atoms with E-state index < -0.39 is 0 Å². The SMILES string of the molecule is COc1ccc([C@H]2S[C@@H](C)C(=O)N2CCN2CCCC2)cc1OC. The van der Waals surface area contributed by atoms with Crippen LogP contribution in [0.1, 0.15) is 30.7 Å². The van der Waals surface area contributed by atoms with Crippen LogP contribution >= 0.6 is 11.8 Å². The van der Waals surface area contributed by atoms with Gasteiger partial charge in [-0.1, -0.05) is 6.07 Å². The van der Waals surface area contributed by atoms with Crippen molar-refractivity contribution in [2.75, 3.05) is 40.4 Å². The number of rotatable bonds is 6. The summed E-state index contributed by atoms with van der Waals surface area (Å²) in [5, 5.41) is 0.0524. The molecule has 1 amide bonds. The van der Waals surface area contributed by atoms with Gasteiger partial charge in [0.1, 0.15) is 5.37 Å². The Bertz CT molecular complexity index is 590. The van der Waals surface area contributed by atoms with Crippen molar-refractivity contribution in [1.29, 1.82) is 0 Å². The van der Waals surface area contributed by atoms with Gasteiger partial charge in [-0.2, -0.15) is 0 Å². The van der Waals surface area contributed by atoms with E-state index in [1.54, 1.807) is 26.0 Å². The van der Waals surface area contributed by atoms with Crippen molar-refractivity contribution in [2.24, 2.45) is 0 Å². The molecule has 2 fully saturated rings. The summed E-state index contributed by atoms with van der Waals surface area (Å²) >= 11 is 1.71. The monoisotopic (exact) mass is 350 g/mol. The van der Waals surface area contributed by atoms with E-state index in [-0.39, 0.29) is 16.5 Å². The van der Waals surface area contributed by atoms with Gasteiger partial charge in [0.25, 0.3) is 0 Å². The van der Waals surface area contributed by atoms with E-state index in [1.165, 1.54) is 12.8 Å². The van der Waals surface area contributed by atoms with Gasteiger partial charge in [0.15, 0.2) is 11.5 Å². The van der Waals surface area contributed by atoms with Gasteiger partial charge in [-0.15, -0.1) is 11.8 Å². The Labute approximate surface area is 148 Å². The zero-order valence-corrected chi connectivity index (χ0v) is 15.5. The largest absolute Gasteiger partial charge is 0.493 e. The smallest absolute Gasteiger partial charge is 0.236 e. The van der Waals surface area contributed by atoms with Gasteiger partial charge >= 0.3 is 0 Å². The molecule has 2 saturated heterocycles. The number of carbonyl (C=O) groups is 1. The number of nitrogens with zero attached hydrogens (tertiary/aromatic N) is 2. The minimum Gasteiger partial charge on any atom is -0.493 e. The maximum absolute atomic E-state index is 12.6. The first-order valence-electron chi connectivity index (χ1n) is 8.54. The summed E-state index contributed by atoms with van der Waals surface area (Å²) in [7, 11) is 3.28. The molecule has 1 aromatic carbocycles. The van der Waals surface area contributed by atoms with Crippen molar-refractivity contribution in [1.82, 2.24) is 9.80 Å². The fourth-order valence-electron chi connectivity index (χ4n) is 3.42. The van der Waals surface area contributed by atoms with Gasteiger partial charge in [-0.25, -0.2) is 0 Å². The molecule has 0 aliphatic carbocycles. The van der Waals surface area contributed by atoms with E-state index >= 15 is 0 Å². The van der Waals surface area contributed by atoms with Crippen LogP contribution in [0.2, 0.25) is 0 Å². The van der Waals surface area contributed by atoms with Crippen molar-refractivity contribution in [3.8, 4) is 11.5 Å². The van der Waals surface area contributed by atoms with Gasteiger partial charge in [0.05, 0.1) is 19.5 Å². The zero-order chi connectivity index (χ0) is 17.1. The average molecular weight is 350 g/mol. The Kier molecular flexibility index (Phi) is 5.56. The quantitative estimate of drug-likeness (QED) is 0.789. The number of benzene rings is 1. The molecule has 2 atom stereocenters. The third kappa shape index (κ3) is 3.49. The Balaban J connectivity index is 1.77. The average Bonchev–Trinajstić information content (AvgIpc) is 3.21. The zero-order valence-electron chi connectivity index (χ0n) is 14.7. The number of likely N-dealkylation sites (tertiary alicyclic amines) is 1. The van der Waals surface area contributed by atoms with Crippen LogP contribution in [-0.2, 0) is 4.79 Å². The van der Waals surface area contributed by atoms with Crippen LogP contribution < -0.4 is 9.47 Å². The summed E-state index contributed by atoms with van der Waals surface area (Å²) in [6, 6.07) is 5.94. The van der Waals surface area contributed by atoms with Crippen molar-refractivity contribution in [2.45, 2.75) is 30.4 Å². The minimum absolute atomic E-state index is 0.00155. The van der Waals surface area contributed by atoms with Crippen LogP contribution in [0.5, 0.6) is 11.5 Å². The molecule has 0 spiro atoms. The first kappa shape index (κ1) is 17.4. The minimum atomic E-state index is 0.00155. The molecule has 3 rings (SSSR count). The number of methoxy groups -OCH3 is 2. The molecule has 0 unspecified atom stereocenters. The van der Waals surface area contributed by atoms with Gasteiger partial charge in [0, 0.05) is 13.1 Å². The van der Waals surface area contributed by atoms with Crippen LogP contribution in [0.15, 0.2) is 18.2 Å². The van der Waals surface area contributed by atoms with Crippen LogP contribution in [0, 0.1) is 0 Å². The molecule has 6 heteroatoms. The second-order valence-electron chi connectivity index (χ2n) is 6.33. The lowest BCUT2D eigenvalue weighted by molar-refractivity contribution is -0.130. The van der Waals surface area contributed by atoms with E-state index in [4.69, 9.17) is 9.47 Å². The Morgan fingerprint density at radius 3 is 2.50 bits per heavy atom. The van der Waals surface area contributed by atoms with Crippen LogP contribution in [-0.4, -0.2) is 61.4 Å². The second-order valence-corrected chi connectivity index (χ2v) is 7.75. The van der Waals surface area contributed by atoms with Crippen molar-refractivity contribution in [3.05, 3.63) is 23.8 Å². The van der Waals surface area contributed by atoms with Gasteiger partial charge in [-0.05, 0) is 50.6 Å². The molecule has 24 heavy (non-hydrogen) atoms. The molecule has 2 aliphatic heterocycles. The highest BCUT2D eigenvalue weighted by molar-refractivity contribution is 8.01. The van der Waals surface area contributed by atoms with Crippen LogP contribution in [0.25, 0.3) is 0 Å². The lowest BCUT2D eigenvalue weighted by Gasteiger charge is -2.27. The van der Waals surface area contributed by atoms with Gasteiger partial charge in [0.2, 0.25) is 5.91 Å². The van der Waals surface area contributed by atoms with Crippen molar-refractivity contribution < 1.29 is 14.3 Å². The number of carbonyl (C=O) groups excluding carboxylic acids is 1. The summed E-state index contributed by atoms with van der Waals surface area (Å²) in [4.78, 5) is 17.1. The second kappa shape index (κ2) is 7.66. The molecule has 1 aromatic rings. The summed E-state index contributed by atoms with van der Waals surface area (Å²) in [5.74, 6) is 1.66. The Morgan fingerprint density at radius 1 is 1.12 bits per heavy atom. The number of amides is 1. The van der Waals surface area contributed by atoms with Crippen LogP contribution in [0.3, 0.4) is 0 Å². The van der Waals surface area contributed by atoms with E-state index in [9.17, 15) is 4.79 Å². The lowest BCUT2D eigenvalue weighted by atomic mass is 10.1. The molecule has 0 saturated carbocycles. The lowest BCUT2D eigenvalue weighted by Crippen LogP contribution is -2.37. The summed E-state index contributed by atoms with van der Waals surface area (Å²) in [5.41, 5.74) is 1.09. The molecule has 2 aliphatic rings. The highest BCUT2D eigenvalue weighted by Gasteiger charge is 2.38. The van der Waals surface area contributed by atoms with E-state index in [2.05, 4.69) is 4.90 Å². The van der Waals surface area contributed by atoms with Crippen LogP contribution in [0.4, 0.5) is 0 Å². The molecular weight excluding hydrogens is 324 g/mol. The predicted octanol–water partition coefficient (Wildman–Crippen LogP) is 2.76. The first-order chi connectivity index (χ1) is 11.6. The fraction of sp³-hybridized carbons (Fsp3) is 0.611. The van der Waals surface area contributed by atoms with Crippen molar-refractivity contribution in [3.63, 3.8) is 0 Å². The fourth-order valence-corrected chi connectivity index (χ4v) is 4.72. The highest BCUT2D eigenvalue weighted by Crippen LogP contribution is 2.44. The topological polar surface area (TPSA) is 42.0 Å². The van der Waals surface area contributed by atoms with Gasteiger partial charge in [-0.3, -0.25) is 4.79 Å². The van der Waals surface area contributed by atoms with Gasteiger partial charge < -0.3 is 19.3 Å². The molecule has 2 heterocycles. The molecular formula is C18H26N2O3S. The predicted molar refractivity (Wildman–Crippen MR) is 96.7 cm³/mol. The number of thioether (sulfide) groups is 1. The standard InChI is InChI=1S/C18H26N2O3S/c1-13-17(21)20(11-10-19-8-4-5-9-19)18(24-13)14-6-7-15(22-2)16(12-14)23-3/h6-7,12-13,18H,4-5,8-11H2,1-3H3/t13-,18+/m0/s1. The summed E-state index contributed by atoms with van der Waals surface area (Å²) in [6.07, 6.45) is 2.55. The number of ether oxygens (including phenoxy) is 2. The molecule has 0 bridgehead atoms.